The number of piperidine rings is 1. The van der Waals surface area contributed by atoms with E-state index in [1.165, 1.54) is 6.20 Å². The van der Waals surface area contributed by atoms with E-state index in [0.717, 1.165) is 25.8 Å². The van der Waals surface area contributed by atoms with Gasteiger partial charge in [-0.1, -0.05) is 6.92 Å². The summed E-state index contributed by atoms with van der Waals surface area (Å²) in [5, 5.41) is 4.12. The fourth-order valence-electron chi connectivity index (χ4n) is 3.40. The highest BCUT2D eigenvalue weighted by Crippen LogP contribution is 2.37. The summed E-state index contributed by atoms with van der Waals surface area (Å²) < 4.78 is 28.6. The monoisotopic (exact) mass is 334 g/mol. The second-order valence-corrected chi connectivity index (χ2v) is 7.87. The van der Waals surface area contributed by atoms with Crippen molar-refractivity contribution in [2.45, 2.75) is 43.7 Å². The lowest BCUT2D eigenvalue weighted by atomic mass is 9.95. The zero-order chi connectivity index (χ0) is 14.3. The minimum absolute atomic E-state index is 0. The fourth-order valence-corrected chi connectivity index (χ4v) is 4.90. The SMILES string of the molecule is CCCn1cc(S(=O)(=O)N2C[C@H]3CC[C@@H](C2)C3N)cn1.Cl. The first-order valence-electron chi connectivity index (χ1n) is 7.30. The van der Waals surface area contributed by atoms with Crippen molar-refractivity contribution >= 4 is 22.4 Å². The molecule has 0 amide bonds. The average molecular weight is 335 g/mol. The minimum Gasteiger partial charge on any atom is -0.327 e. The second kappa shape index (κ2) is 6.24. The number of halogens is 1. The van der Waals surface area contributed by atoms with Gasteiger partial charge in [-0.05, 0) is 31.1 Å². The number of aryl methyl sites for hydroxylation is 1. The quantitative estimate of drug-likeness (QED) is 0.893. The Kier molecular flexibility index (Phi) is 4.97. The number of sulfonamides is 1. The van der Waals surface area contributed by atoms with Gasteiger partial charge in [0, 0.05) is 31.9 Å². The molecule has 21 heavy (non-hydrogen) atoms. The minimum atomic E-state index is -3.41. The van der Waals surface area contributed by atoms with E-state index in [0.29, 0.717) is 29.8 Å². The number of hydrogen-bond donors (Lipinski definition) is 1. The number of hydrogen-bond acceptors (Lipinski definition) is 4. The van der Waals surface area contributed by atoms with Crippen LogP contribution in [-0.4, -0.2) is 41.6 Å². The Morgan fingerprint density at radius 2 is 1.95 bits per heavy atom. The molecule has 3 rings (SSSR count). The molecule has 6 nitrogen and oxygen atoms in total. The molecular formula is C13H23ClN4O2S. The normalized spacial score (nSPS) is 29.3. The van der Waals surface area contributed by atoms with Crippen molar-refractivity contribution in [3.8, 4) is 0 Å². The van der Waals surface area contributed by atoms with Gasteiger partial charge < -0.3 is 5.73 Å². The van der Waals surface area contributed by atoms with E-state index in [9.17, 15) is 8.42 Å². The first-order valence-corrected chi connectivity index (χ1v) is 8.74. The predicted octanol–water partition coefficient (Wildman–Crippen LogP) is 1.07. The Morgan fingerprint density at radius 3 is 2.52 bits per heavy atom. The van der Waals surface area contributed by atoms with Gasteiger partial charge in [0.2, 0.25) is 10.0 Å². The van der Waals surface area contributed by atoms with Gasteiger partial charge in [0.15, 0.2) is 0 Å². The molecule has 3 atom stereocenters. The first-order chi connectivity index (χ1) is 9.52. The highest BCUT2D eigenvalue weighted by molar-refractivity contribution is 7.89. The zero-order valence-corrected chi connectivity index (χ0v) is 13.8. The van der Waals surface area contributed by atoms with Crippen LogP contribution in [0.4, 0.5) is 0 Å². The fraction of sp³-hybridized carbons (Fsp3) is 0.769. The summed E-state index contributed by atoms with van der Waals surface area (Å²) in [6.45, 7) is 3.89. The third-order valence-corrected chi connectivity index (χ3v) is 6.36. The molecule has 2 aliphatic rings. The molecule has 8 heteroatoms. The van der Waals surface area contributed by atoms with Gasteiger partial charge in [0.05, 0.1) is 6.20 Å². The van der Waals surface area contributed by atoms with Crippen LogP contribution in [-0.2, 0) is 16.6 Å². The van der Waals surface area contributed by atoms with Crippen LogP contribution in [0.25, 0.3) is 0 Å². The van der Waals surface area contributed by atoms with E-state index >= 15 is 0 Å². The lowest BCUT2D eigenvalue weighted by Crippen LogP contribution is -2.50. The third kappa shape index (κ3) is 2.97. The summed E-state index contributed by atoms with van der Waals surface area (Å²) in [5.74, 6) is 0.628. The van der Waals surface area contributed by atoms with Gasteiger partial charge >= 0.3 is 0 Å². The summed E-state index contributed by atoms with van der Waals surface area (Å²) in [4.78, 5) is 0.306. The summed E-state index contributed by atoms with van der Waals surface area (Å²) in [5.41, 5.74) is 6.13. The van der Waals surface area contributed by atoms with Crippen molar-refractivity contribution in [3.05, 3.63) is 12.4 Å². The van der Waals surface area contributed by atoms with Crippen LogP contribution >= 0.6 is 12.4 Å². The van der Waals surface area contributed by atoms with Crippen molar-refractivity contribution in [1.82, 2.24) is 14.1 Å². The molecule has 1 saturated carbocycles. The molecule has 1 saturated heterocycles. The van der Waals surface area contributed by atoms with E-state index < -0.39 is 10.0 Å². The predicted molar refractivity (Wildman–Crippen MR) is 82.7 cm³/mol. The van der Waals surface area contributed by atoms with Crippen molar-refractivity contribution in [1.29, 1.82) is 0 Å². The van der Waals surface area contributed by atoms with Gasteiger partial charge in [0.1, 0.15) is 4.90 Å². The van der Waals surface area contributed by atoms with Crippen molar-refractivity contribution in [3.63, 3.8) is 0 Å². The maximum Gasteiger partial charge on any atom is 0.246 e. The molecule has 1 unspecified atom stereocenters. The third-order valence-electron chi connectivity index (χ3n) is 4.57. The molecule has 1 aromatic rings. The van der Waals surface area contributed by atoms with Crippen LogP contribution in [0.2, 0.25) is 0 Å². The number of nitrogens with zero attached hydrogens (tertiary/aromatic N) is 3. The maximum absolute atomic E-state index is 12.7. The Balaban J connectivity index is 0.00000161. The highest BCUT2D eigenvalue weighted by Gasteiger charge is 2.43. The topological polar surface area (TPSA) is 81.2 Å². The van der Waals surface area contributed by atoms with E-state index in [2.05, 4.69) is 5.10 Å². The molecule has 1 aliphatic heterocycles. The summed E-state index contributed by atoms with van der Waals surface area (Å²) >= 11 is 0. The van der Waals surface area contributed by atoms with Gasteiger partial charge in [-0.2, -0.15) is 9.40 Å². The number of nitrogens with two attached hydrogens (primary N) is 1. The molecule has 2 N–H and O–H groups in total. The van der Waals surface area contributed by atoms with Crippen LogP contribution in [0.5, 0.6) is 0 Å². The number of fused-ring (bicyclic) bond motifs is 2. The van der Waals surface area contributed by atoms with E-state index in [-0.39, 0.29) is 18.4 Å². The van der Waals surface area contributed by atoms with Crippen LogP contribution in [0.3, 0.4) is 0 Å². The molecular weight excluding hydrogens is 312 g/mol. The Morgan fingerprint density at radius 1 is 1.33 bits per heavy atom. The van der Waals surface area contributed by atoms with Crippen molar-refractivity contribution < 1.29 is 8.42 Å². The first kappa shape index (κ1) is 16.7. The lowest BCUT2D eigenvalue weighted by Gasteiger charge is -2.34. The summed E-state index contributed by atoms with van der Waals surface area (Å²) in [7, 11) is -3.41. The second-order valence-electron chi connectivity index (χ2n) is 5.94. The Hall–Kier alpha value is -0.630. The number of rotatable bonds is 4. The van der Waals surface area contributed by atoms with E-state index in [4.69, 9.17) is 5.73 Å². The Labute approximate surface area is 132 Å². The summed E-state index contributed by atoms with van der Waals surface area (Å²) in [6, 6.07) is 0.171. The van der Waals surface area contributed by atoms with Gasteiger partial charge in [0.25, 0.3) is 0 Å². The van der Waals surface area contributed by atoms with Gasteiger partial charge in [-0.25, -0.2) is 8.42 Å². The van der Waals surface area contributed by atoms with E-state index in [1.54, 1.807) is 15.2 Å². The molecule has 1 aromatic heterocycles. The van der Waals surface area contributed by atoms with Crippen LogP contribution in [0.15, 0.2) is 17.3 Å². The molecule has 2 bridgehead atoms. The average Bonchev–Trinajstić information content (AvgIpc) is 2.93. The molecule has 0 radical (unpaired) electrons. The van der Waals surface area contributed by atoms with Crippen molar-refractivity contribution in [2.24, 2.45) is 17.6 Å². The van der Waals surface area contributed by atoms with Crippen LogP contribution in [0, 0.1) is 11.8 Å². The molecule has 0 spiro atoms. The summed E-state index contributed by atoms with van der Waals surface area (Å²) in [6.07, 6.45) is 6.13. The standard InChI is InChI=1S/C13H22N4O2S.ClH/c1-2-5-16-9-12(6-15-16)20(18,19)17-7-10-3-4-11(8-17)13(10)14;/h6,9-11,13H,2-5,7-8,14H2,1H3;1H/t10-,11+,13?;. The maximum atomic E-state index is 12.7. The molecule has 120 valence electrons. The lowest BCUT2D eigenvalue weighted by molar-refractivity contribution is 0.228. The highest BCUT2D eigenvalue weighted by atomic mass is 35.5. The largest absolute Gasteiger partial charge is 0.327 e. The van der Waals surface area contributed by atoms with Gasteiger partial charge in [-0.3, -0.25) is 4.68 Å². The van der Waals surface area contributed by atoms with Crippen molar-refractivity contribution in [2.75, 3.05) is 13.1 Å². The molecule has 2 fully saturated rings. The molecule has 1 aliphatic carbocycles. The van der Waals surface area contributed by atoms with Crippen LogP contribution < -0.4 is 5.73 Å². The van der Waals surface area contributed by atoms with Gasteiger partial charge in [-0.15, -0.1) is 12.4 Å². The smallest absolute Gasteiger partial charge is 0.246 e. The van der Waals surface area contributed by atoms with E-state index in [1.807, 2.05) is 6.92 Å². The zero-order valence-electron chi connectivity index (χ0n) is 12.2. The Bertz CT molecular complexity index is 575. The molecule has 0 aromatic carbocycles. The molecule has 2 heterocycles. The number of aromatic nitrogens is 2. The van der Waals surface area contributed by atoms with Crippen LogP contribution in [0.1, 0.15) is 26.2 Å².